The minimum atomic E-state index is -4.34. The second-order valence-corrected chi connectivity index (χ2v) is 12.5. The first-order valence-electron chi connectivity index (χ1n) is 10.4. The van der Waals surface area contributed by atoms with Crippen molar-refractivity contribution in [2.75, 3.05) is 21.7 Å². The highest BCUT2D eigenvalue weighted by Gasteiger charge is 2.32. The molecule has 1 heterocycles. The molecule has 0 saturated carbocycles. The van der Waals surface area contributed by atoms with Gasteiger partial charge in [-0.1, -0.05) is 53.5 Å². The Balaban J connectivity index is 1.70. The van der Waals surface area contributed by atoms with Gasteiger partial charge in [0.05, 0.1) is 22.0 Å². The van der Waals surface area contributed by atoms with Gasteiger partial charge in [-0.05, 0) is 53.9 Å². The molecule has 1 aliphatic rings. The second-order valence-electron chi connectivity index (χ2n) is 7.89. The number of hydrogen-bond donors (Lipinski definition) is 1. The minimum Gasteiger partial charge on any atom is -0.480 e. The molecule has 12 heteroatoms. The zero-order chi connectivity index (χ0) is 25.4. The van der Waals surface area contributed by atoms with Crippen LogP contribution in [-0.2, 0) is 37.0 Å². The van der Waals surface area contributed by atoms with Gasteiger partial charge in [-0.2, -0.15) is 0 Å². The molecule has 0 spiro atoms. The van der Waals surface area contributed by atoms with Gasteiger partial charge >= 0.3 is 5.97 Å². The summed E-state index contributed by atoms with van der Waals surface area (Å²) in [5.41, 5.74) is 1.76. The van der Waals surface area contributed by atoms with Crippen LogP contribution in [0.1, 0.15) is 11.1 Å². The van der Waals surface area contributed by atoms with Gasteiger partial charge in [0.1, 0.15) is 6.54 Å². The lowest BCUT2D eigenvalue weighted by molar-refractivity contribution is -0.135. The number of sulfonamides is 2. The fourth-order valence-corrected chi connectivity index (χ4v) is 7.66. The van der Waals surface area contributed by atoms with Crippen LogP contribution in [0.4, 0.5) is 11.4 Å². The number of fused-ring (bicyclic) bond motifs is 1. The standard InChI is InChI=1S/C23H20Cl2N2O6S2/c24-18-11-19(25)13-21(12-18)35(32,33)27(14-23(28)29)20-6-7-22-17(10-20)8-9-26(22)34(30,31)15-16-4-2-1-3-5-16/h1-7,10-13H,8-9,14-15H2,(H,28,29). The van der Waals surface area contributed by atoms with E-state index in [4.69, 9.17) is 23.2 Å². The SMILES string of the molecule is O=C(O)CN(c1ccc2c(c1)CCN2S(=O)(=O)Cc1ccccc1)S(=O)(=O)c1cc(Cl)cc(Cl)c1. The van der Waals surface area contributed by atoms with Crippen LogP contribution in [0, 0.1) is 0 Å². The summed E-state index contributed by atoms with van der Waals surface area (Å²) in [6, 6.07) is 16.9. The summed E-state index contributed by atoms with van der Waals surface area (Å²) in [5, 5.41) is 9.57. The molecule has 4 rings (SSSR count). The molecule has 1 aliphatic heterocycles. The van der Waals surface area contributed by atoms with Crippen LogP contribution in [0.2, 0.25) is 10.0 Å². The van der Waals surface area contributed by atoms with Gasteiger partial charge in [0.15, 0.2) is 0 Å². The quantitative estimate of drug-likeness (QED) is 0.447. The fraction of sp³-hybridized carbons (Fsp3) is 0.174. The van der Waals surface area contributed by atoms with Crippen molar-refractivity contribution in [2.24, 2.45) is 0 Å². The van der Waals surface area contributed by atoms with E-state index < -0.39 is 32.6 Å². The molecule has 0 bridgehead atoms. The number of aliphatic carboxylic acids is 1. The highest BCUT2D eigenvalue weighted by atomic mass is 35.5. The van der Waals surface area contributed by atoms with E-state index >= 15 is 0 Å². The number of hydrogen-bond acceptors (Lipinski definition) is 5. The summed E-state index contributed by atoms with van der Waals surface area (Å²) in [4.78, 5) is 11.3. The summed E-state index contributed by atoms with van der Waals surface area (Å²) < 4.78 is 54.8. The van der Waals surface area contributed by atoms with Crippen LogP contribution in [0.15, 0.2) is 71.6 Å². The third kappa shape index (κ3) is 5.40. The molecule has 0 amide bonds. The zero-order valence-corrected chi connectivity index (χ0v) is 21.3. The van der Waals surface area contributed by atoms with Gasteiger partial charge in [-0.25, -0.2) is 16.8 Å². The van der Waals surface area contributed by atoms with Crippen molar-refractivity contribution in [3.8, 4) is 0 Å². The summed E-state index contributed by atoms with van der Waals surface area (Å²) in [5.74, 6) is -1.54. The minimum absolute atomic E-state index is 0.0829. The number of halogens is 2. The number of carboxylic acid groups (broad SMARTS) is 1. The number of nitrogens with zero attached hydrogens (tertiary/aromatic N) is 2. The normalized spacial score (nSPS) is 13.5. The van der Waals surface area contributed by atoms with Crippen molar-refractivity contribution in [1.29, 1.82) is 0 Å². The maximum absolute atomic E-state index is 13.3. The summed E-state index contributed by atoms with van der Waals surface area (Å²) in [6.07, 6.45) is 0.348. The van der Waals surface area contributed by atoms with Gasteiger partial charge < -0.3 is 5.11 Å². The number of carbonyl (C=O) groups is 1. The summed E-state index contributed by atoms with van der Waals surface area (Å²) in [7, 11) is -8.02. The number of carboxylic acids is 1. The maximum atomic E-state index is 13.3. The lowest BCUT2D eigenvalue weighted by Gasteiger charge is -2.24. The summed E-state index contributed by atoms with van der Waals surface area (Å²) >= 11 is 11.9. The first kappa shape index (κ1) is 25.3. The van der Waals surface area contributed by atoms with E-state index in [9.17, 15) is 26.7 Å². The Morgan fingerprint density at radius 1 is 0.943 bits per heavy atom. The van der Waals surface area contributed by atoms with Crippen LogP contribution in [0.25, 0.3) is 0 Å². The van der Waals surface area contributed by atoms with Gasteiger partial charge in [0.2, 0.25) is 10.0 Å². The first-order chi connectivity index (χ1) is 16.5. The van der Waals surface area contributed by atoms with Gasteiger partial charge in [0.25, 0.3) is 10.0 Å². The lowest BCUT2D eigenvalue weighted by Crippen LogP contribution is -2.36. The van der Waals surface area contributed by atoms with Crippen molar-refractivity contribution < 1.29 is 26.7 Å². The Kier molecular flexibility index (Phi) is 7.01. The van der Waals surface area contributed by atoms with Gasteiger partial charge in [-0.15, -0.1) is 0 Å². The Bertz CT molecular complexity index is 1480. The molecule has 35 heavy (non-hydrogen) atoms. The Labute approximate surface area is 213 Å². The van der Waals surface area contributed by atoms with Crippen LogP contribution in [0.5, 0.6) is 0 Å². The average Bonchev–Trinajstić information content (AvgIpc) is 3.21. The molecule has 0 aromatic heterocycles. The lowest BCUT2D eigenvalue weighted by atomic mass is 10.1. The van der Waals surface area contributed by atoms with E-state index in [2.05, 4.69) is 0 Å². The first-order valence-corrected chi connectivity index (χ1v) is 14.2. The predicted molar refractivity (Wildman–Crippen MR) is 135 cm³/mol. The van der Waals surface area contributed by atoms with E-state index in [0.717, 1.165) is 4.31 Å². The van der Waals surface area contributed by atoms with Crippen LogP contribution >= 0.6 is 23.2 Å². The number of rotatable bonds is 8. The molecule has 0 saturated heterocycles. The predicted octanol–water partition coefficient (Wildman–Crippen LogP) is 4.17. The molecular weight excluding hydrogens is 535 g/mol. The molecule has 184 valence electrons. The fourth-order valence-electron chi connectivity index (χ4n) is 3.91. The van der Waals surface area contributed by atoms with Crippen LogP contribution in [-0.4, -0.2) is 41.0 Å². The molecular formula is C23H20Cl2N2O6S2. The molecule has 3 aromatic carbocycles. The maximum Gasteiger partial charge on any atom is 0.324 e. The third-order valence-corrected chi connectivity index (χ3v) is 9.37. The van der Waals surface area contributed by atoms with Crippen molar-refractivity contribution in [3.63, 3.8) is 0 Å². The zero-order valence-electron chi connectivity index (χ0n) is 18.1. The molecule has 0 radical (unpaired) electrons. The van der Waals surface area contributed by atoms with E-state index in [0.29, 0.717) is 23.2 Å². The smallest absolute Gasteiger partial charge is 0.324 e. The highest BCUT2D eigenvalue weighted by Crippen LogP contribution is 2.36. The molecule has 0 fully saturated rings. The van der Waals surface area contributed by atoms with E-state index in [-0.39, 0.29) is 32.9 Å². The molecule has 1 N–H and O–H groups in total. The Morgan fingerprint density at radius 2 is 1.60 bits per heavy atom. The number of benzene rings is 3. The molecule has 0 atom stereocenters. The summed E-state index contributed by atoms with van der Waals surface area (Å²) in [6.45, 7) is -0.648. The van der Waals surface area contributed by atoms with Crippen molar-refractivity contribution in [3.05, 3.63) is 87.9 Å². The topological polar surface area (TPSA) is 112 Å². The van der Waals surface area contributed by atoms with Crippen LogP contribution < -0.4 is 8.61 Å². The van der Waals surface area contributed by atoms with Crippen molar-refractivity contribution >= 4 is 60.6 Å². The van der Waals surface area contributed by atoms with Crippen molar-refractivity contribution in [1.82, 2.24) is 0 Å². The highest BCUT2D eigenvalue weighted by molar-refractivity contribution is 7.93. The molecule has 3 aromatic rings. The molecule has 8 nitrogen and oxygen atoms in total. The van der Waals surface area contributed by atoms with Crippen molar-refractivity contribution in [2.45, 2.75) is 17.1 Å². The monoisotopic (exact) mass is 554 g/mol. The largest absolute Gasteiger partial charge is 0.480 e. The molecule has 0 unspecified atom stereocenters. The van der Waals surface area contributed by atoms with E-state index in [1.807, 2.05) is 0 Å². The second kappa shape index (κ2) is 9.69. The Hall–Kier alpha value is -2.79. The van der Waals surface area contributed by atoms with Gasteiger partial charge in [0, 0.05) is 16.6 Å². The van der Waals surface area contributed by atoms with Gasteiger partial charge in [-0.3, -0.25) is 13.4 Å². The average molecular weight is 555 g/mol. The Morgan fingerprint density at radius 3 is 2.23 bits per heavy atom. The van der Waals surface area contributed by atoms with Crippen LogP contribution in [0.3, 0.4) is 0 Å². The molecule has 0 aliphatic carbocycles. The number of anilines is 2. The van der Waals surface area contributed by atoms with E-state index in [1.165, 1.54) is 40.7 Å². The van der Waals surface area contributed by atoms with E-state index in [1.54, 1.807) is 30.3 Å². The third-order valence-electron chi connectivity index (χ3n) is 5.43.